The molecule has 764 valence electrons. The zero-order valence-corrected chi connectivity index (χ0v) is 84.4. The van der Waals surface area contributed by atoms with Gasteiger partial charge in [0.2, 0.25) is 27.6 Å². The maximum atomic E-state index is 15.2. The number of nitrogens with zero attached hydrogens (tertiary/aromatic N) is 13. The van der Waals surface area contributed by atoms with Crippen LogP contribution >= 0.6 is 58.8 Å². The Morgan fingerprint density at radius 3 is 1.00 bits per heavy atom. The topological polar surface area (TPSA) is 320 Å². The maximum absolute atomic E-state index is 15.2. The van der Waals surface area contributed by atoms with Crippen LogP contribution in [0.15, 0.2) is 258 Å². The van der Waals surface area contributed by atoms with Gasteiger partial charge in [0, 0.05) is 189 Å². The van der Waals surface area contributed by atoms with Crippen molar-refractivity contribution in [3.05, 3.63) is 373 Å². The summed E-state index contributed by atoms with van der Waals surface area (Å²) in [7, 11) is 0. The van der Waals surface area contributed by atoms with Gasteiger partial charge in [0.05, 0.1) is 57.2 Å². The summed E-state index contributed by atoms with van der Waals surface area (Å²) < 4.78 is 88.4. The zero-order chi connectivity index (χ0) is 102. The Morgan fingerprint density at radius 1 is 0.349 bits per heavy atom. The first-order valence-electron chi connectivity index (χ1n) is 49.6. The van der Waals surface area contributed by atoms with Crippen molar-refractivity contribution < 1.29 is 80.9 Å². The summed E-state index contributed by atoms with van der Waals surface area (Å²) >= 11 is 8.26. The summed E-state index contributed by atoms with van der Waals surface area (Å²) in [5.41, 5.74) is 7.72. The van der Waals surface area contributed by atoms with Crippen LogP contribution in [0.25, 0.3) is 0 Å². The largest absolute Gasteiger partial charge is 0.502 e. The van der Waals surface area contributed by atoms with Crippen LogP contribution in [0.1, 0.15) is 191 Å². The highest BCUT2D eigenvalue weighted by Gasteiger charge is 2.61. The number of amides is 5. The molecule has 5 amide bonds. The second kappa shape index (κ2) is 37.4. The van der Waals surface area contributed by atoms with E-state index in [9.17, 15) is 72.4 Å². The predicted octanol–water partition coefficient (Wildman–Crippen LogP) is 14.5. The van der Waals surface area contributed by atoms with Crippen molar-refractivity contribution in [1.82, 2.24) is 43.2 Å². The lowest BCUT2D eigenvalue weighted by atomic mass is 9.60. The number of carbonyl (C=O) groups is 5. The number of benzene rings is 8. The fourth-order valence-electron chi connectivity index (χ4n) is 24.6. The Kier molecular flexibility index (Phi) is 24.2. The summed E-state index contributed by atoms with van der Waals surface area (Å²) in [6.45, 7) is 6.93. The average molecular weight is 2110 g/mol. The van der Waals surface area contributed by atoms with Crippen molar-refractivity contribution in [2.45, 2.75) is 160 Å². The van der Waals surface area contributed by atoms with Gasteiger partial charge in [0.15, 0.2) is 74.8 Å². The summed E-state index contributed by atoms with van der Waals surface area (Å²) in [4.78, 5) is 129. The first-order valence-corrected chi connectivity index (χ1v) is 54.5. The van der Waals surface area contributed by atoms with Gasteiger partial charge in [-0.15, -0.1) is 58.8 Å². The number of halogens is 4. The molecule has 4 N–H and O–H groups in total. The number of fused-ring (bicyclic) bond motifs is 12. The quantitative estimate of drug-likeness (QED) is 0.103. The van der Waals surface area contributed by atoms with Crippen LogP contribution in [-0.4, -0.2) is 207 Å². The number of hydrogen-bond donors (Lipinski definition) is 4. The molecule has 4 saturated heterocycles. The Hall–Kier alpha value is -13.4. The smallest absolute Gasteiger partial charge is 0.278 e. The molecule has 4 atom stereocenters. The lowest BCUT2D eigenvalue weighted by Gasteiger charge is -2.61. The van der Waals surface area contributed by atoms with E-state index in [-0.39, 0.29) is 128 Å². The first kappa shape index (κ1) is 96.5. The molecule has 0 bridgehead atoms. The molecule has 39 heteroatoms. The standard InChI is InChI=1S/C29H26F2N4O4S.C27H23F2N3O4S.C27H25N3O5S.C27H25N3O4S2/c1-16(36)32-13-29(14-32)10-17(11-29)33-15-35(34-9-8-22(37)27(38)26(34)28(33)39)25-18-6-7-21(30)24(31)20(18)12-40-23-5-3-2-4-19(23)25;28-19-6-5-16-18(22(19)29)11-37-21-4-2-1-3-17(21)23(16)32-14-30(15-9-27(10-15)12-36-13-27)26(35)24-25(34)20(33)7-8-31(24)32;31-21-9-10-29-24(25(21)32)26(33)28(18-13-27(14-18)34-11-12-35-27)16-30(29)23-19-6-2-1-5-17(19)15-36-22-8-4-3-7-20(22)23;31-21-9-10-29-24(25(21)32)26(33)28(18-13-27(14-18)34-11-12-36-27)16-30(29)23-19-6-2-1-5-17(19)15-35-22-8-4-3-7-20(22)23/h2-9,17,25,38H,10-15H2,1H3;1-8,15,23,34H,9-14H2;2*1-10,18,23,32H,11-16H2/t25-;2*23-;18?,23-,27?/m0000/s1. The minimum atomic E-state index is -0.930. The highest BCUT2D eigenvalue weighted by Crippen LogP contribution is 2.58. The van der Waals surface area contributed by atoms with Gasteiger partial charge in [-0.1, -0.05) is 133 Å². The van der Waals surface area contributed by atoms with Crippen LogP contribution in [0.5, 0.6) is 23.0 Å². The highest BCUT2D eigenvalue weighted by atomic mass is 32.2. The number of rotatable bonds is 8. The fraction of sp³-hybridized carbons (Fsp3) is 0.336. The second-order valence-corrected chi connectivity index (χ2v) is 46.3. The second-order valence-electron chi connectivity index (χ2n) is 40.8. The molecular formula is C110H99F4N13O17S5. The van der Waals surface area contributed by atoms with E-state index in [0.717, 1.165) is 105 Å². The van der Waals surface area contributed by atoms with Gasteiger partial charge in [-0.3, -0.25) is 81.9 Å². The Balaban J connectivity index is 0.000000103. The zero-order valence-electron chi connectivity index (χ0n) is 80.3. The number of ether oxygens (including phenoxy) is 4. The number of pyridine rings is 4. The Morgan fingerprint density at radius 2 is 0.664 bits per heavy atom. The van der Waals surface area contributed by atoms with Crippen LogP contribution in [0, 0.1) is 34.1 Å². The van der Waals surface area contributed by atoms with Crippen LogP contribution < -0.4 is 41.8 Å². The molecule has 12 aliphatic heterocycles. The molecule has 28 rings (SSSR count). The van der Waals surface area contributed by atoms with E-state index in [2.05, 4.69) is 70.7 Å². The van der Waals surface area contributed by atoms with Crippen LogP contribution in [0.2, 0.25) is 0 Å². The van der Waals surface area contributed by atoms with E-state index < -0.39 is 97.7 Å². The number of aromatic nitrogens is 4. The third kappa shape index (κ3) is 16.2. The van der Waals surface area contributed by atoms with Crippen molar-refractivity contribution in [3.8, 4) is 23.0 Å². The summed E-state index contributed by atoms with van der Waals surface area (Å²) in [6, 6.07) is 57.1. The van der Waals surface area contributed by atoms with E-state index in [1.54, 1.807) is 72.2 Å². The summed E-state index contributed by atoms with van der Waals surface area (Å²) in [5, 5.41) is 51.1. The molecule has 0 unspecified atom stereocenters. The van der Waals surface area contributed by atoms with Crippen molar-refractivity contribution in [3.63, 3.8) is 0 Å². The summed E-state index contributed by atoms with van der Waals surface area (Å²) in [6.07, 6.45) is 11.7. The van der Waals surface area contributed by atoms with Gasteiger partial charge in [0.25, 0.3) is 23.6 Å². The predicted molar refractivity (Wildman–Crippen MR) is 549 cm³/mol. The minimum Gasteiger partial charge on any atom is -0.502 e. The molecule has 16 heterocycles. The lowest BCUT2D eigenvalue weighted by Crippen LogP contribution is -2.69. The van der Waals surface area contributed by atoms with E-state index in [0.29, 0.717) is 89.7 Å². The molecule has 16 aliphatic rings. The number of likely N-dealkylation sites (tertiary alicyclic amines) is 1. The fourth-order valence-corrected chi connectivity index (χ4v) is 30.3. The molecule has 12 aromatic rings. The van der Waals surface area contributed by atoms with Crippen molar-refractivity contribution in [2.24, 2.45) is 10.8 Å². The van der Waals surface area contributed by atoms with Gasteiger partial charge in [-0.2, -0.15) is 0 Å². The molecule has 30 nitrogen and oxygen atoms in total. The molecule has 4 aliphatic carbocycles. The van der Waals surface area contributed by atoms with Gasteiger partial charge in [-0.05, 0) is 118 Å². The van der Waals surface area contributed by atoms with E-state index in [1.165, 1.54) is 90.5 Å². The third-order valence-electron chi connectivity index (χ3n) is 32.2. The average Bonchev–Trinajstić information content (AvgIpc) is 1.32. The Labute approximate surface area is 871 Å². The molecular weight excluding hydrogens is 2010 g/mol. The van der Waals surface area contributed by atoms with E-state index in [4.69, 9.17) is 18.9 Å². The molecule has 4 saturated carbocycles. The lowest BCUT2D eigenvalue weighted by molar-refractivity contribution is -0.230. The van der Waals surface area contributed by atoms with Gasteiger partial charge >= 0.3 is 0 Å². The van der Waals surface area contributed by atoms with Crippen LogP contribution in [0.3, 0.4) is 0 Å². The Bertz CT molecular complexity index is 7510. The van der Waals surface area contributed by atoms with Crippen molar-refractivity contribution in [2.75, 3.05) is 98.6 Å². The van der Waals surface area contributed by atoms with Crippen molar-refractivity contribution >= 4 is 88.3 Å². The number of hydrogen-bond acceptors (Lipinski definition) is 26. The first-order chi connectivity index (χ1) is 72.1. The van der Waals surface area contributed by atoms with Crippen LogP contribution in [-0.2, 0) is 46.8 Å². The molecule has 4 aromatic heterocycles. The number of carbonyl (C=O) groups excluding carboxylic acids is 5. The molecule has 8 aromatic carbocycles. The molecule has 8 fully saturated rings. The normalized spacial score (nSPS) is 23.1. The SMILES string of the molecule is CC(=O)N1CC2(CC(N3CN([C@@H]4c5ccccc5SCc5c4ccc(F)c5F)n4ccc(=O)c(O)c4C3=O)C2)C1.O=C1c2c(O)c(=O)ccn2N([C@@H]2c3ccccc3SCc3c2ccc(F)c3F)CN1C1CC2(COC2)C1.O=C1c2c(O)c(=O)ccn2N([C@H]2c3ccccc3CSc3ccccc32)CN1C1CC2(C1)OCCO2.O=C1c2c(O)c(=O)ccn2N([C@H]2c3ccccc3CSc3ccccc32)CN1C1CC2(C1)OCCS2. The third-order valence-corrected chi connectivity index (χ3v) is 38.1. The van der Waals surface area contributed by atoms with Gasteiger partial charge in [0.1, 0.15) is 31.6 Å². The van der Waals surface area contributed by atoms with Gasteiger partial charge in [-0.25, -0.2) is 17.6 Å². The maximum Gasteiger partial charge on any atom is 0.278 e. The minimum absolute atomic E-state index is 0.00480. The van der Waals surface area contributed by atoms with Gasteiger partial charge < -0.3 is 63.9 Å². The summed E-state index contributed by atoms with van der Waals surface area (Å²) in [5.74, 6) is -4.95. The van der Waals surface area contributed by atoms with E-state index in [1.807, 2.05) is 123 Å². The van der Waals surface area contributed by atoms with Crippen molar-refractivity contribution in [1.29, 1.82) is 0 Å². The molecule has 149 heavy (non-hydrogen) atoms. The van der Waals surface area contributed by atoms with E-state index >= 15 is 8.78 Å². The monoisotopic (exact) mass is 2110 g/mol. The highest BCUT2D eigenvalue weighted by molar-refractivity contribution is 8.00. The number of aromatic hydroxyl groups is 4. The molecule has 4 spiro atoms. The number of thioether (sulfide) groups is 5. The molecule has 0 radical (unpaired) electrons. The van der Waals surface area contributed by atoms with Crippen LogP contribution in [0.4, 0.5) is 17.6 Å².